The van der Waals surface area contributed by atoms with Gasteiger partial charge in [0.25, 0.3) is 11.1 Å². The number of Topliss-reactive ketones (excluding diaryl/α,β-unsaturated/α-hetero) is 1. The first-order valence-corrected chi connectivity index (χ1v) is 5.88. The molecular weight excluding hydrogens is 244 g/mol. The summed E-state index contributed by atoms with van der Waals surface area (Å²) < 4.78 is 1.02. The van der Waals surface area contributed by atoms with Gasteiger partial charge in [-0.05, 0) is 25.5 Å². The molecule has 98 valence electrons. The molecule has 0 saturated carbocycles. The Morgan fingerprint density at radius 3 is 2.63 bits per heavy atom. The predicted octanol–water partition coefficient (Wildman–Crippen LogP) is 1.04. The standard InChI is InChI=1S/C14H14N2O3/c1-9-3-4-10(2)11(7-9)12(17)8-16-14(19)6-5-13(18)15-16/h3-7H,8H2,1-2H3,(H,15,18). The molecule has 0 aliphatic rings. The van der Waals surface area contributed by atoms with Gasteiger partial charge in [-0.25, -0.2) is 4.68 Å². The number of hydrogen-bond donors (Lipinski definition) is 1. The van der Waals surface area contributed by atoms with Gasteiger partial charge >= 0.3 is 0 Å². The molecule has 2 rings (SSSR count). The average molecular weight is 258 g/mol. The maximum Gasteiger partial charge on any atom is 0.265 e. The van der Waals surface area contributed by atoms with E-state index in [0.717, 1.165) is 27.9 Å². The first-order valence-electron chi connectivity index (χ1n) is 5.88. The van der Waals surface area contributed by atoms with E-state index in [0.29, 0.717) is 5.56 Å². The number of rotatable bonds is 3. The fourth-order valence-electron chi connectivity index (χ4n) is 1.84. The number of nitrogens with zero attached hydrogens (tertiary/aromatic N) is 1. The Labute approximate surface area is 109 Å². The van der Waals surface area contributed by atoms with Crippen molar-refractivity contribution < 1.29 is 4.79 Å². The number of hydrogen-bond acceptors (Lipinski definition) is 3. The number of aromatic nitrogens is 2. The van der Waals surface area contributed by atoms with E-state index in [1.807, 2.05) is 26.0 Å². The van der Waals surface area contributed by atoms with Crippen molar-refractivity contribution in [3.8, 4) is 0 Å². The van der Waals surface area contributed by atoms with Gasteiger partial charge < -0.3 is 0 Å². The Kier molecular flexibility index (Phi) is 3.46. The molecule has 2 aromatic rings. The van der Waals surface area contributed by atoms with Crippen molar-refractivity contribution in [2.45, 2.75) is 20.4 Å². The molecule has 1 aromatic carbocycles. The minimum absolute atomic E-state index is 0.167. The smallest absolute Gasteiger partial charge is 0.265 e. The summed E-state index contributed by atoms with van der Waals surface area (Å²) in [5.41, 5.74) is 1.58. The summed E-state index contributed by atoms with van der Waals surface area (Å²) in [4.78, 5) is 34.9. The minimum Gasteiger partial charge on any atom is -0.292 e. The number of aromatic amines is 1. The molecule has 0 aliphatic carbocycles. The van der Waals surface area contributed by atoms with E-state index in [-0.39, 0.29) is 12.3 Å². The van der Waals surface area contributed by atoms with Gasteiger partial charge in [0.1, 0.15) is 6.54 Å². The van der Waals surface area contributed by atoms with Crippen LogP contribution in [0.2, 0.25) is 0 Å². The zero-order valence-corrected chi connectivity index (χ0v) is 10.8. The van der Waals surface area contributed by atoms with Gasteiger partial charge in [0.15, 0.2) is 5.78 Å². The molecule has 0 atom stereocenters. The Morgan fingerprint density at radius 2 is 1.89 bits per heavy atom. The second-order valence-electron chi connectivity index (χ2n) is 4.48. The quantitative estimate of drug-likeness (QED) is 0.836. The van der Waals surface area contributed by atoms with Gasteiger partial charge in [0, 0.05) is 17.7 Å². The highest BCUT2D eigenvalue weighted by Crippen LogP contribution is 2.11. The number of benzene rings is 1. The molecule has 1 heterocycles. The zero-order chi connectivity index (χ0) is 14.0. The van der Waals surface area contributed by atoms with Gasteiger partial charge in [-0.3, -0.25) is 19.5 Å². The second-order valence-corrected chi connectivity index (χ2v) is 4.48. The number of aryl methyl sites for hydroxylation is 2. The van der Waals surface area contributed by atoms with Crippen LogP contribution in [0.1, 0.15) is 21.5 Å². The number of carbonyl (C=O) groups is 1. The normalized spacial score (nSPS) is 10.4. The second kappa shape index (κ2) is 5.06. The summed E-state index contributed by atoms with van der Waals surface area (Å²) >= 11 is 0. The van der Waals surface area contributed by atoms with E-state index in [1.54, 1.807) is 6.07 Å². The summed E-state index contributed by atoms with van der Waals surface area (Å²) in [6, 6.07) is 7.85. The van der Waals surface area contributed by atoms with E-state index in [9.17, 15) is 14.4 Å². The van der Waals surface area contributed by atoms with Crippen LogP contribution in [0.25, 0.3) is 0 Å². The van der Waals surface area contributed by atoms with Gasteiger partial charge in [0.2, 0.25) is 0 Å². The maximum absolute atomic E-state index is 12.2. The third kappa shape index (κ3) is 2.88. The third-order valence-corrected chi connectivity index (χ3v) is 2.88. The Bertz CT molecular complexity index is 741. The van der Waals surface area contributed by atoms with E-state index < -0.39 is 11.1 Å². The number of ketones is 1. The van der Waals surface area contributed by atoms with Crippen molar-refractivity contribution in [1.82, 2.24) is 9.78 Å². The number of carbonyl (C=O) groups excluding carboxylic acids is 1. The fourth-order valence-corrected chi connectivity index (χ4v) is 1.84. The Balaban J connectivity index is 2.36. The molecule has 5 nitrogen and oxygen atoms in total. The highest BCUT2D eigenvalue weighted by molar-refractivity contribution is 5.97. The van der Waals surface area contributed by atoms with Gasteiger partial charge in [-0.2, -0.15) is 0 Å². The molecule has 0 aliphatic heterocycles. The lowest BCUT2D eigenvalue weighted by Gasteiger charge is -2.07. The van der Waals surface area contributed by atoms with Gasteiger partial charge in [0.05, 0.1) is 0 Å². The molecule has 0 amide bonds. The largest absolute Gasteiger partial charge is 0.292 e. The van der Waals surface area contributed by atoms with E-state index in [4.69, 9.17) is 0 Å². The maximum atomic E-state index is 12.2. The van der Waals surface area contributed by atoms with Crippen molar-refractivity contribution in [3.63, 3.8) is 0 Å². The summed E-state index contributed by atoms with van der Waals surface area (Å²) in [6.07, 6.45) is 0. The van der Waals surface area contributed by atoms with Crippen LogP contribution < -0.4 is 11.1 Å². The highest BCUT2D eigenvalue weighted by Gasteiger charge is 2.11. The molecule has 0 radical (unpaired) electrons. The van der Waals surface area contributed by atoms with Crippen LogP contribution in [0.3, 0.4) is 0 Å². The molecule has 0 saturated heterocycles. The fraction of sp³-hybridized carbons (Fsp3) is 0.214. The van der Waals surface area contributed by atoms with Gasteiger partial charge in [-0.1, -0.05) is 17.7 Å². The molecular formula is C14H14N2O3. The Hall–Kier alpha value is -2.43. The number of H-pyrrole nitrogens is 1. The molecule has 0 spiro atoms. The molecule has 1 aromatic heterocycles. The van der Waals surface area contributed by atoms with Crippen molar-refractivity contribution in [2.24, 2.45) is 0 Å². The SMILES string of the molecule is Cc1ccc(C)c(C(=O)Cn2[nH]c(=O)ccc2=O)c1. The lowest BCUT2D eigenvalue weighted by atomic mass is 10.0. The minimum atomic E-state index is -0.409. The third-order valence-electron chi connectivity index (χ3n) is 2.88. The molecule has 1 N–H and O–H groups in total. The summed E-state index contributed by atoms with van der Waals surface area (Å²) in [5, 5.41) is 2.34. The Morgan fingerprint density at radius 1 is 1.16 bits per heavy atom. The van der Waals surface area contributed by atoms with E-state index in [1.165, 1.54) is 0 Å². The van der Waals surface area contributed by atoms with Crippen LogP contribution >= 0.6 is 0 Å². The van der Waals surface area contributed by atoms with Gasteiger partial charge in [-0.15, -0.1) is 0 Å². The molecule has 19 heavy (non-hydrogen) atoms. The molecule has 0 unspecified atom stereocenters. The van der Waals surface area contributed by atoms with Crippen molar-refractivity contribution in [1.29, 1.82) is 0 Å². The average Bonchev–Trinajstić information content (AvgIpc) is 2.36. The van der Waals surface area contributed by atoms with Crippen LogP contribution in [0.5, 0.6) is 0 Å². The number of nitrogens with one attached hydrogen (secondary N) is 1. The van der Waals surface area contributed by atoms with Crippen LogP contribution in [-0.2, 0) is 6.54 Å². The van der Waals surface area contributed by atoms with Crippen molar-refractivity contribution >= 4 is 5.78 Å². The lowest BCUT2D eigenvalue weighted by Crippen LogP contribution is -2.31. The van der Waals surface area contributed by atoms with Crippen molar-refractivity contribution in [2.75, 3.05) is 0 Å². The topological polar surface area (TPSA) is 71.9 Å². The van der Waals surface area contributed by atoms with Crippen molar-refractivity contribution in [3.05, 3.63) is 67.7 Å². The summed E-state index contributed by atoms with van der Waals surface area (Å²) in [6.45, 7) is 3.56. The van der Waals surface area contributed by atoms with E-state index in [2.05, 4.69) is 5.10 Å². The van der Waals surface area contributed by atoms with Crippen LogP contribution in [0, 0.1) is 13.8 Å². The molecule has 5 heteroatoms. The summed E-state index contributed by atoms with van der Waals surface area (Å²) in [5.74, 6) is -0.204. The first-order chi connectivity index (χ1) is 8.97. The zero-order valence-electron chi connectivity index (χ0n) is 10.8. The molecule has 0 bridgehead atoms. The highest BCUT2D eigenvalue weighted by atomic mass is 16.2. The monoisotopic (exact) mass is 258 g/mol. The van der Waals surface area contributed by atoms with Crippen LogP contribution in [0.4, 0.5) is 0 Å². The summed E-state index contributed by atoms with van der Waals surface area (Å²) in [7, 11) is 0. The van der Waals surface area contributed by atoms with Crippen LogP contribution in [-0.4, -0.2) is 15.6 Å². The molecule has 0 fully saturated rings. The lowest BCUT2D eigenvalue weighted by molar-refractivity contribution is 0.0964. The predicted molar refractivity (Wildman–Crippen MR) is 71.6 cm³/mol. The van der Waals surface area contributed by atoms with Crippen LogP contribution in [0.15, 0.2) is 39.9 Å². The van der Waals surface area contributed by atoms with E-state index >= 15 is 0 Å². The first kappa shape index (κ1) is 13.0.